The van der Waals surface area contributed by atoms with Crippen LogP contribution in [-0.4, -0.2) is 25.0 Å². The highest BCUT2D eigenvalue weighted by Gasteiger charge is 2.10. The zero-order valence-electron chi connectivity index (χ0n) is 13.8. The second-order valence-electron chi connectivity index (χ2n) is 5.56. The average molecular weight is 369 g/mol. The number of hydrogen-bond acceptors (Lipinski definition) is 5. The fraction of sp³-hybridized carbons (Fsp3) is 0.0526. The minimum absolute atomic E-state index is 0.00350. The van der Waals surface area contributed by atoms with Crippen molar-refractivity contribution in [1.29, 1.82) is 0 Å². The third kappa shape index (κ3) is 4.14. The third-order valence-corrected chi connectivity index (χ3v) is 4.55. The van der Waals surface area contributed by atoms with Crippen LogP contribution in [0.1, 0.15) is 23.0 Å². The van der Waals surface area contributed by atoms with Crippen molar-refractivity contribution >= 4 is 27.8 Å². The Morgan fingerprint density at radius 2 is 1.65 bits per heavy atom. The summed E-state index contributed by atoms with van der Waals surface area (Å²) in [6, 6.07) is 16.1. The van der Waals surface area contributed by atoms with E-state index in [0.29, 0.717) is 28.3 Å². The van der Waals surface area contributed by atoms with Gasteiger partial charge >= 0.3 is 0 Å². The molecule has 0 saturated heterocycles. The monoisotopic (exact) mass is 369 g/mol. The molecule has 0 aliphatic rings. The van der Waals surface area contributed by atoms with E-state index in [0.717, 1.165) is 0 Å². The molecule has 0 radical (unpaired) electrons. The standard InChI is InChI=1S/C19H15NO5S/c1-13(21)14-2-6-16(7-3-14)20-12-17-8-11-19(25-17)15-4-9-18(10-5-15)26(22,23)24/h2-12H,1H3,(H,22,23,24). The van der Waals surface area contributed by atoms with E-state index in [4.69, 9.17) is 8.97 Å². The summed E-state index contributed by atoms with van der Waals surface area (Å²) in [7, 11) is -4.22. The molecule has 0 saturated carbocycles. The molecule has 0 bridgehead atoms. The molecule has 2 aromatic carbocycles. The van der Waals surface area contributed by atoms with Gasteiger partial charge in [-0.15, -0.1) is 0 Å². The highest BCUT2D eigenvalue weighted by molar-refractivity contribution is 7.85. The number of nitrogens with zero attached hydrogens (tertiary/aromatic N) is 1. The van der Waals surface area contributed by atoms with Crippen LogP contribution in [0.3, 0.4) is 0 Å². The number of benzene rings is 2. The summed E-state index contributed by atoms with van der Waals surface area (Å²) in [5.41, 5.74) is 1.98. The van der Waals surface area contributed by atoms with Crippen molar-refractivity contribution in [3.63, 3.8) is 0 Å². The van der Waals surface area contributed by atoms with Gasteiger partial charge in [-0.3, -0.25) is 14.3 Å². The van der Waals surface area contributed by atoms with Gasteiger partial charge in [0.25, 0.3) is 10.1 Å². The van der Waals surface area contributed by atoms with Crippen LogP contribution >= 0.6 is 0 Å². The molecule has 132 valence electrons. The fourth-order valence-corrected chi connectivity index (χ4v) is 2.77. The molecule has 3 aromatic rings. The highest BCUT2D eigenvalue weighted by Crippen LogP contribution is 2.23. The van der Waals surface area contributed by atoms with E-state index in [1.165, 1.54) is 19.1 Å². The quantitative estimate of drug-likeness (QED) is 0.414. The molecule has 7 heteroatoms. The predicted molar refractivity (Wildman–Crippen MR) is 97.7 cm³/mol. The van der Waals surface area contributed by atoms with E-state index >= 15 is 0 Å². The molecule has 0 aliphatic heterocycles. The summed E-state index contributed by atoms with van der Waals surface area (Å²) in [6.45, 7) is 1.51. The van der Waals surface area contributed by atoms with Crippen molar-refractivity contribution in [3.05, 3.63) is 72.0 Å². The van der Waals surface area contributed by atoms with E-state index in [-0.39, 0.29) is 10.7 Å². The number of aliphatic imine (C=N–C) groups is 1. The lowest BCUT2D eigenvalue weighted by Crippen LogP contribution is -1.97. The first-order valence-electron chi connectivity index (χ1n) is 7.66. The van der Waals surface area contributed by atoms with Crippen LogP contribution in [0.2, 0.25) is 0 Å². The van der Waals surface area contributed by atoms with Gasteiger partial charge in [-0.2, -0.15) is 8.42 Å². The SMILES string of the molecule is CC(=O)c1ccc(N=Cc2ccc(-c3ccc(S(=O)(=O)O)cc3)o2)cc1. The molecular weight excluding hydrogens is 354 g/mol. The molecule has 1 heterocycles. The van der Waals surface area contributed by atoms with E-state index in [2.05, 4.69) is 4.99 Å². The first-order valence-corrected chi connectivity index (χ1v) is 9.10. The minimum Gasteiger partial charge on any atom is -0.455 e. The Bertz CT molecular complexity index is 1060. The highest BCUT2D eigenvalue weighted by atomic mass is 32.2. The van der Waals surface area contributed by atoms with Gasteiger partial charge in [0.2, 0.25) is 0 Å². The Kier molecular flexibility index (Phi) is 4.83. The summed E-state index contributed by atoms with van der Waals surface area (Å²) in [6.07, 6.45) is 1.55. The van der Waals surface area contributed by atoms with E-state index in [1.54, 1.807) is 54.7 Å². The van der Waals surface area contributed by atoms with E-state index in [1.807, 2.05) is 0 Å². The van der Waals surface area contributed by atoms with Gasteiger partial charge in [0.15, 0.2) is 5.78 Å². The van der Waals surface area contributed by atoms with E-state index < -0.39 is 10.1 Å². The molecule has 0 amide bonds. The number of Topliss-reactive ketones (excluding diaryl/α,β-unsaturated/α-hetero) is 1. The topological polar surface area (TPSA) is 96.9 Å². The Morgan fingerprint density at radius 3 is 2.23 bits per heavy atom. The number of rotatable bonds is 5. The number of carbonyl (C=O) groups is 1. The number of ketones is 1. The van der Waals surface area contributed by atoms with Gasteiger partial charge in [0, 0.05) is 11.1 Å². The fourth-order valence-electron chi connectivity index (χ4n) is 2.29. The van der Waals surface area contributed by atoms with Crippen LogP contribution in [0.5, 0.6) is 0 Å². The molecule has 26 heavy (non-hydrogen) atoms. The Morgan fingerprint density at radius 1 is 1.00 bits per heavy atom. The molecule has 0 spiro atoms. The number of hydrogen-bond donors (Lipinski definition) is 1. The van der Waals surface area contributed by atoms with Crippen LogP contribution in [0.25, 0.3) is 11.3 Å². The van der Waals surface area contributed by atoms with Crippen molar-refractivity contribution in [3.8, 4) is 11.3 Å². The van der Waals surface area contributed by atoms with Crippen molar-refractivity contribution in [2.75, 3.05) is 0 Å². The molecule has 6 nitrogen and oxygen atoms in total. The molecule has 0 atom stereocenters. The predicted octanol–water partition coefficient (Wildman–Crippen LogP) is 4.15. The van der Waals surface area contributed by atoms with Crippen molar-refractivity contribution < 1.29 is 22.2 Å². The zero-order chi connectivity index (χ0) is 18.7. The van der Waals surface area contributed by atoms with Gasteiger partial charge in [-0.05, 0) is 67.6 Å². The van der Waals surface area contributed by atoms with Crippen molar-refractivity contribution in [2.24, 2.45) is 4.99 Å². The smallest absolute Gasteiger partial charge is 0.294 e. The first-order chi connectivity index (χ1) is 12.3. The van der Waals surface area contributed by atoms with Crippen molar-refractivity contribution in [2.45, 2.75) is 11.8 Å². The molecule has 1 N–H and O–H groups in total. The summed E-state index contributed by atoms with van der Waals surface area (Å²) in [4.78, 5) is 15.4. The van der Waals surface area contributed by atoms with Gasteiger partial charge in [0.05, 0.1) is 16.8 Å². The third-order valence-electron chi connectivity index (χ3n) is 3.68. The van der Waals surface area contributed by atoms with Gasteiger partial charge in [0.1, 0.15) is 11.5 Å². The average Bonchev–Trinajstić information content (AvgIpc) is 3.09. The van der Waals surface area contributed by atoms with Crippen molar-refractivity contribution in [1.82, 2.24) is 0 Å². The van der Waals surface area contributed by atoms with Gasteiger partial charge in [-0.1, -0.05) is 0 Å². The van der Waals surface area contributed by atoms with Crippen LogP contribution in [0, 0.1) is 0 Å². The maximum atomic E-state index is 11.2. The second kappa shape index (κ2) is 7.07. The first kappa shape index (κ1) is 17.8. The lowest BCUT2D eigenvalue weighted by atomic mass is 10.1. The molecular formula is C19H15NO5S. The zero-order valence-corrected chi connectivity index (χ0v) is 14.6. The normalized spacial score (nSPS) is 11.8. The summed E-state index contributed by atoms with van der Waals surface area (Å²) in [5.74, 6) is 1.06. The van der Waals surface area contributed by atoms with E-state index in [9.17, 15) is 13.2 Å². The van der Waals surface area contributed by atoms with Gasteiger partial charge < -0.3 is 4.42 Å². The molecule has 0 fully saturated rings. The van der Waals surface area contributed by atoms with Crippen LogP contribution < -0.4 is 0 Å². The van der Waals surface area contributed by atoms with Crippen LogP contribution in [0.4, 0.5) is 5.69 Å². The second-order valence-corrected chi connectivity index (χ2v) is 6.98. The summed E-state index contributed by atoms with van der Waals surface area (Å²) in [5, 5.41) is 0. The molecule has 3 rings (SSSR count). The largest absolute Gasteiger partial charge is 0.455 e. The number of carbonyl (C=O) groups excluding carboxylic acids is 1. The maximum absolute atomic E-state index is 11.2. The molecule has 1 aromatic heterocycles. The Balaban J connectivity index is 1.76. The van der Waals surface area contributed by atoms with Crippen LogP contribution in [-0.2, 0) is 10.1 Å². The lowest BCUT2D eigenvalue weighted by molar-refractivity contribution is 0.101. The summed E-state index contributed by atoms with van der Waals surface area (Å²) < 4.78 is 36.8. The lowest BCUT2D eigenvalue weighted by Gasteiger charge is -1.99. The van der Waals surface area contributed by atoms with Crippen LogP contribution in [0.15, 0.2) is 75.0 Å². The van der Waals surface area contributed by atoms with Gasteiger partial charge in [-0.25, -0.2) is 0 Å². The Hall–Kier alpha value is -3.03. The Labute approximate surface area is 150 Å². The summed E-state index contributed by atoms with van der Waals surface area (Å²) >= 11 is 0. The maximum Gasteiger partial charge on any atom is 0.294 e. The minimum atomic E-state index is -4.22. The number of furan rings is 1. The molecule has 0 aliphatic carbocycles. The molecule has 0 unspecified atom stereocenters.